The molecule has 0 amide bonds. The van der Waals surface area contributed by atoms with Gasteiger partial charge >= 0.3 is 0 Å². The molecule has 0 saturated carbocycles. The van der Waals surface area contributed by atoms with Crippen LogP contribution >= 0.6 is 23.4 Å². The summed E-state index contributed by atoms with van der Waals surface area (Å²) in [5.41, 5.74) is 1.68. The molecule has 2 aromatic carbocycles. The number of methoxy groups -OCH3 is 1. The zero-order chi connectivity index (χ0) is 23.0. The summed E-state index contributed by atoms with van der Waals surface area (Å²) in [5, 5.41) is 5.54. The van der Waals surface area contributed by atoms with Crippen LogP contribution < -0.4 is 10.3 Å². The number of aromatic nitrogens is 4. The molecule has 2 aromatic heterocycles. The zero-order valence-electron chi connectivity index (χ0n) is 18.5. The molecule has 32 heavy (non-hydrogen) atoms. The molecule has 4 aromatic rings. The summed E-state index contributed by atoms with van der Waals surface area (Å²) >= 11 is 7.51. The van der Waals surface area contributed by atoms with Crippen molar-refractivity contribution in [3.8, 4) is 11.4 Å². The predicted octanol–water partition coefficient (Wildman–Crippen LogP) is 5.33. The molecule has 2 heterocycles. The first-order valence-corrected chi connectivity index (χ1v) is 11.4. The second-order valence-corrected chi connectivity index (χ2v) is 9.81. The fourth-order valence-corrected chi connectivity index (χ4v) is 4.18. The van der Waals surface area contributed by atoms with Crippen molar-refractivity contribution in [1.82, 2.24) is 19.7 Å². The number of nitrogens with zero attached hydrogens (tertiary/aromatic N) is 4. The average molecular weight is 471 g/mol. The Morgan fingerprint density at radius 2 is 1.94 bits per heavy atom. The smallest absolute Gasteiger partial charge is 0.266 e. The van der Waals surface area contributed by atoms with Gasteiger partial charge in [-0.05, 0) is 42.8 Å². The summed E-state index contributed by atoms with van der Waals surface area (Å²) < 4.78 is 12.5. The molecule has 0 aliphatic carbocycles. The van der Waals surface area contributed by atoms with E-state index < -0.39 is 0 Å². The molecule has 0 fully saturated rings. The van der Waals surface area contributed by atoms with Gasteiger partial charge in [0.2, 0.25) is 5.89 Å². The minimum absolute atomic E-state index is 0.207. The number of fused-ring (bicyclic) bond motifs is 1. The lowest BCUT2D eigenvalue weighted by Gasteiger charge is -2.16. The topological polar surface area (TPSA) is 83.0 Å². The van der Waals surface area contributed by atoms with Crippen LogP contribution in [-0.4, -0.2) is 26.8 Å². The normalized spacial score (nSPS) is 11.8. The minimum Gasteiger partial charge on any atom is -0.495 e. The van der Waals surface area contributed by atoms with E-state index in [1.807, 2.05) is 45.9 Å². The van der Waals surface area contributed by atoms with Crippen molar-refractivity contribution in [2.24, 2.45) is 0 Å². The van der Waals surface area contributed by atoms with Crippen molar-refractivity contribution in [2.45, 2.75) is 44.0 Å². The number of rotatable bonds is 5. The van der Waals surface area contributed by atoms with Crippen LogP contribution in [0.5, 0.6) is 5.75 Å². The largest absolute Gasteiger partial charge is 0.495 e. The van der Waals surface area contributed by atoms with E-state index in [1.165, 1.54) is 11.8 Å². The third kappa shape index (κ3) is 4.38. The Hall–Kier alpha value is -2.84. The first-order chi connectivity index (χ1) is 15.2. The molecule has 0 unspecified atom stereocenters. The van der Waals surface area contributed by atoms with Crippen LogP contribution in [0.1, 0.15) is 38.0 Å². The molecule has 0 saturated heterocycles. The van der Waals surface area contributed by atoms with Crippen LogP contribution in [0, 0.1) is 6.92 Å². The first kappa shape index (κ1) is 22.4. The quantitative estimate of drug-likeness (QED) is 0.288. The molecule has 0 atom stereocenters. The molecule has 0 aliphatic heterocycles. The maximum absolute atomic E-state index is 13.5. The second kappa shape index (κ2) is 8.60. The van der Waals surface area contributed by atoms with Crippen LogP contribution in [-0.2, 0) is 11.2 Å². The van der Waals surface area contributed by atoms with E-state index >= 15 is 0 Å². The maximum Gasteiger partial charge on any atom is 0.266 e. The van der Waals surface area contributed by atoms with Crippen LogP contribution in [0.4, 0.5) is 0 Å². The van der Waals surface area contributed by atoms with Gasteiger partial charge in [0, 0.05) is 10.4 Å². The van der Waals surface area contributed by atoms with Gasteiger partial charge in [-0.2, -0.15) is 4.98 Å². The second-order valence-electron chi connectivity index (χ2n) is 8.43. The van der Waals surface area contributed by atoms with E-state index in [0.29, 0.717) is 50.0 Å². The monoisotopic (exact) mass is 470 g/mol. The van der Waals surface area contributed by atoms with E-state index in [9.17, 15) is 4.79 Å². The number of thioether (sulfide) groups is 1. The van der Waals surface area contributed by atoms with Crippen molar-refractivity contribution < 1.29 is 9.26 Å². The van der Waals surface area contributed by atoms with Crippen molar-refractivity contribution in [1.29, 1.82) is 0 Å². The summed E-state index contributed by atoms with van der Waals surface area (Å²) in [5.74, 6) is 2.04. The summed E-state index contributed by atoms with van der Waals surface area (Å²) in [6, 6.07) is 10.7. The third-order valence-electron chi connectivity index (χ3n) is 4.82. The van der Waals surface area contributed by atoms with Gasteiger partial charge in [0.15, 0.2) is 11.0 Å². The van der Waals surface area contributed by atoms with Crippen molar-refractivity contribution in [2.75, 3.05) is 7.11 Å². The lowest BCUT2D eigenvalue weighted by Crippen LogP contribution is -2.22. The average Bonchev–Trinajstić information content (AvgIpc) is 3.22. The number of aryl methyl sites for hydroxylation is 1. The summed E-state index contributed by atoms with van der Waals surface area (Å²) in [6.45, 7) is 7.98. The van der Waals surface area contributed by atoms with E-state index in [-0.39, 0.29) is 11.0 Å². The lowest BCUT2D eigenvalue weighted by molar-refractivity contribution is 0.319. The van der Waals surface area contributed by atoms with Crippen molar-refractivity contribution in [3.63, 3.8) is 0 Å². The molecule has 0 aliphatic rings. The standard InChI is InChI=1S/C23H23ClN4O3S/c1-13-6-9-18(30-5)17(10-13)28-20(29)15-8-7-14(24)11-16(15)25-22(28)32-12-19-26-21(31-27-19)23(2,3)4/h6-11H,12H2,1-5H3. The van der Waals surface area contributed by atoms with Crippen LogP contribution in [0.3, 0.4) is 0 Å². The number of hydrogen-bond donors (Lipinski definition) is 0. The van der Waals surface area contributed by atoms with Gasteiger partial charge in [-0.25, -0.2) is 4.98 Å². The van der Waals surface area contributed by atoms with Gasteiger partial charge < -0.3 is 9.26 Å². The Kier molecular flexibility index (Phi) is 6.01. The van der Waals surface area contributed by atoms with Crippen LogP contribution in [0.15, 0.2) is 50.9 Å². The summed E-state index contributed by atoms with van der Waals surface area (Å²) in [4.78, 5) is 22.8. The number of halogens is 1. The molecule has 0 N–H and O–H groups in total. The molecule has 0 spiro atoms. The summed E-state index contributed by atoms with van der Waals surface area (Å²) in [6.07, 6.45) is 0. The third-order valence-corrected chi connectivity index (χ3v) is 5.99. The maximum atomic E-state index is 13.5. The van der Waals surface area contributed by atoms with Crippen molar-refractivity contribution in [3.05, 3.63) is 69.1 Å². The molecule has 9 heteroatoms. The van der Waals surface area contributed by atoms with E-state index in [0.717, 1.165) is 5.56 Å². The molecule has 7 nitrogen and oxygen atoms in total. The van der Waals surface area contributed by atoms with Gasteiger partial charge in [-0.3, -0.25) is 9.36 Å². The van der Waals surface area contributed by atoms with Gasteiger partial charge in [0.1, 0.15) is 5.75 Å². The Bertz CT molecular complexity index is 1360. The minimum atomic E-state index is -0.245. The molecular formula is C23H23ClN4O3S. The van der Waals surface area contributed by atoms with E-state index in [4.69, 9.17) is 25.8 Å². The van der Waals surface area contributed by atoms with E-state index in [2.05, 4.69) is 10.1 Å². The fraction of sp³-hybridized carbons (Fsp3) is 0.304. The number of ether oxygens (including phenoxy) is 1. The van der Waals surface area contributed by atoms with Crippen molar-refractivity contribution >= 4 is 34.3 Å². The Balaban J connectivity index is 1.85. The lowest BCUT2D eigenvalue weighted by atomic mass is 9.97. The Morgan fingerprint density at radius 3 is 2.62 bits per heavy atom. The number of hydrogen-bond acceptors (Lipinski definition) is 7. The molecular weight excluding hydrogens is 448 g/mol. The highest BCUT2D eigenvalue weighted by atomic mass is 35.5. The zero-order valence-corrected chi connectivity index (χ0v) is 20.0. The van der Waals surface area contributed by atoms with Crippen LogP contribution in [0.25, 0.3) is 16.6 Å². The van der Waals surface area contributed by atoms with Gasteiger partial charge in [0.05, 0.1) is 29.5 Å². The molecule has 4 rings (SSSR count). The number of benzene rings is 2. The van der Waals surface area contributed by atoms with Gasteiger partial charge in [-0.1, -0.05) is 55.4 Å². The SMILES string of the molecule is COc1ccc(C)cc1-n1c(SCc2noc(C(C)(C)C)n2)nc2cc(Cl)ccc2c1=O. The fourth-order valence-electron chi connectivity index (χ4n) is 3.17. The molecule has 0 radical (unpaired) electrons. The highest BCUT2D eigenvalue weighted by molar-refractivity contribution is 7.98. The Labute approximate surface area is 194 Å². The van der Waals surface area contributed by atoms with Crippen LogP contribution in [0.2, 0.25) is 5.02 Å². The highest BCUT2D eigenvalue weighted by Gasteiger charge is 2.23. The highest BCUT2D eigenvalue weighted by Crippen LogP contribution is 2.30. The van der Waals surface area contributed by atoms with E-state index in [1.54, 1.807) is 29.9 Å². The first-order valence-electron chi connectivity index (χ1n) is 10.0. The summed E-state index contributed by atoms with van der Waals surface area (Å²) in [7, 11) is 1.58. The molecule has 0 bridgehead atoms. The van der Waals surface area contributed by atoms with Gasteiger partial charge in [0.25, 0.3) is 5.56 Å². The predicted molar refractivity (Wildman–Crippen MR) is 126 cm³/mol. The molecule has 166 valence electrons. The van der Waals surface area contributed by atoms with Gasteiger partial charge in [-0.15, -0.1) is 0 Å². The Morgan fingerprint density at radius 1 is 1.16 bits per heavy atom.